The van der Waals surface area contributed by atoms with Gasteiger partial charge in [-0.2, -0.15) is 0 Å². The monoisotopic (exact) mass is 389 g/mol. The lowest BCUT2D eigenvalue weighted by Gasteiger charge is -2.30. The van der Waals surface area contributed by atoms with E-state index in [1.807, 2.05) is 25.1 Å². The van der Waals surface area contributed by atoms with Gasteiger partial charge in [0.25, 0.3) is 0 Å². The van der Waals surface area contributed by atoms with Crippen molar-refractivity contribution in [3.8, 4) is 10.6 Å². The van der Waals surface area contributed by atoms with Crippen LogP contribution in [-0.4, -0.2) is 58.0 Å². The third-order valence-electron chi connectivity index (χ3n) is 3.94. The fraction of sp³-hybridized carbons (Fsp3) is 0.400. The number of nitrogens with zero attached hydrogens (tertiary/aromatic N) is 4. The van der Waals surface area contributed by atoms with Crippen LogP contribution in [0.2, 0.25) is 0 Å². The molecule has 1 aliphatic rings. The molecule has 1 saturated heterocycles. The molecule has 0 aliphatic carbocycles. The van der Waals surface area contributed by atoms with E-state index in [0.29, 0.717) is 10.6 Å². The molecule has 1 atom stereocenters. The van der Waals surface area contributed by atoms with Crippen molar-refractivity contribution >= 4 is 27.9 Å². The zero-order valence-corrected chi connectivity index (χ0v) is 15.6. The Kier molecular flexibility index (Phi) is 3.35. The quantitative estimate of drug-likeness (QED) is 0.668. The summed E-state index contributed by atoms with van der Waals surface area (Å²) in [7, 11) is 0. The van der Waals surface area contributed by atoms with Crippen molar-refractivity contribution in [2.24, 2.45) is 0 Å². The van der Waals surface area contributed by atoms with Crippen molar-refractivity contribution in [3.63, 3.8) is 0 Å². The van der Waals surface area contributed by atoms with Crippen LogP contribution < -0.4 is 0 Å². The minimum absolute atomic E-state index is 0.223. The highest BCUT2D eigenvalue weighted by atomic mass is 32.1. The van der Waals surface area contributed by atoms with Gasteiger partial charge in [0, 0.05) is 41.3 Å². The number of ether oxygens (including phenoxy) is 1. The zero-order valence-electron chi connectivity index (χ0n) is 21.8. The van der Waals surface area contributed by atoms with Gasteiger partial charge in [-0.25, -0.2) is 0 Å². The Morgan fingerprint density at radius 2 is 2.30 bits per heavy atom. The Morgan fingerprint density at radius 1 is 1.41 bits per heavy atom. The number of benzene rings is 1. The van der Waals surface area contributed by atoms with Gasteiger partial charge in [0.1, 0.15) is 10.0 Å². The Hall–Kier alpha value is -2.22. The van der Waals surface area contributed by atoms with Crippen LogP contribution in [0, 0.1) is 6.92 Å². The molecule has 6 nitrogen and oxygen atoms in total. The van der Waals surface area contributed by atoms with E-state index in [4.69, 9.17) is 14.3 Å². The summed E-state index contributed by atoms with van der Waals surface area (Å²) >= 11 is 1.46. The number of hydrogen-bond donors (Lipinski definition) is 0. The van der Waals surface area contributed by atoms with E-state index in [9.17, 15) is 4.79 Å². The van der Waals surface area contributed by atoms with Gasteiger partial charge in [-0.15, -0.1) is 10.2 Å². The number of hydrogen-bond acceptors (Lipinski definition) is 7. The molecule has 0 radical (unpaired) electrons. The Bertz CT molecular complexity index is 1240. The minimum Gasteiger partial charge on any atom is -0.376 e. The van der Waals surface area contributed by atoms with Gasteiger partial charge in [-0.3, -0.25) is 14.7 Å². The van der Waals surface area contributed by atoms with Gasteiger partial charge in [-0.05, 0) is 31.4 Å². The molecule has 0 spiro atoms. The lowest BCUT2D eigenvalue weighted by atomic mass is 10.1. The molecular formula is C20H22N4O2S. The molecule has 2 aromatic heterocycles. The number of morpholine rings is 1. The summed E-state index contributed by atoms with van der Waals surface area (Å²) in [5.74, 6) is -0.580. The van der Waals surface area contributed by atoms with Crippen LogP contribution in [0.5, 0.6) is 0 Å². The zero-order chi connectivity index (χ0) is 25.1. The normalized spacial score (nSPS) is 30.2. The summed E-state index contributed by atoms with van der Waals surface area (Å²) in [5.41, 5.74) is 1.27. The van der Waals surface area contributed by atoms with Crippen LogP contribution in [-0.2, 0) is 16.0 Å². The van der Waals surface area contributed by atoms with E-state index in [2.05, 4.69) is 15.2 Å². The molecule has 3 aromatic rings. The van der Waals surface area contributed by atoms with Crippen LogP contribution in [0.1, 0.15) is 27.2 Å². The maximum absolute atomic E-state index is 12.8. The molecule has 1 aliphatic heterocycles. The third-order valence-corrected chi connectivity index (χ3v) is 4.83. The largest absolute Gasteiger partial charge is 0.376 e. The van der Waals surface area contributed by atoms with Gasteiger partial charge < -0.3 is 4.74 Å². The number of fused-ring (bicyclic) bond motifs is 1. The van der Waals surface area contributed by atoms with E-state index in [1.165, 1.54) is 11.3 Å². The van der Waals surface area contributed by atoms with Gasteiger partial charge >= 0.3 is 0 Å². The highest BCUT2D eigenvalue weighted by Crippen LogP contribution is 2.27. The van der Waals surface area contributed by atoms with E-state index in [1.54, 1.807) is 12.3 Å². The molecule has 0 N–H and O–H groups in total. The number of ketones is 1. The second-order valence-corrected chi connectivity index (χ2v) is 7.33. The Morgan fingerprint density at radius 3 is 3.11 bits per heavy atom. The van der Waals surface area contributed by atoms with Crippen molar-refractivity contribution in [2.45, 2.75) is 26.3 Å². The number of Topliss-reactive ketones (excluding diaryl/α,β-unsaturated/α-hetero) is 1. The lowest BCUT2D eigenvalue weighted by Crippen LogP contribution is -2.43. The molecule has 7 heteroatoms. The Balaban J connectivity index is 1.58. The van der Waals surface area contributed by atoms with Gasteiger partial charge in [0.15, 0.2) is 5.78 Å². The van der Waals surface area contributed by atoms with E-state index in [0.717, 1.165) is 33.3 Å². The summed E-state index contributed by atoms with van der Waals surface area (Å²) in [6.45, 7) is -6.66. The number of aromatic nitrogens is 3. The molecule has 0 saturated carbocycles. The van der Waals surface area contributed by atoms with Crippen LogP contribution in [0.4, 0.5) is 0 Å². The molecule has 140 valence electrons. The van der Waals surface area contributed by atoms with Crippen molar-refractivity contribution in [1.29, 1.82) is 0 Å². The second-order valence-electron chi connectivity index (χ2n) is 6.15. The maximum atomic E-state index is 12.8. The van der Waals surface area contributed by atoms with E-state index >= 15 is 0 Å². The molecule has 0 amide bonds. The first-order valence-corrected chi connectivity index (χ1v) is 9.14. The average Bonchev–Trinajstić information content (AvgIpc) is 3.16. The first-order chi connectivity index (χ1) is 15.6. The highest BCUT2D eigenvalue weighted by Gasteiger charge is 2.19. The van der Waals surface area contributed by atoms with Gasteiger partial charge in [0.05, 0.1) is 29.7 Å². The fourth-order valence-corrected chi connectivity index (χ4v) is 3.43. The smallest absolute Gasteiger partial charge is 0.152 e. The molecule has 0 bridgehead atoms. The SMILES string of the molecule is [2H]C1([2H])OC([2H])(C)C([2H])([2H])N(CC(=O)Cc2cc3cc(-c4nnc(C)s4)ccc3cn2)C1([2H])[2H]. The number of rotatable bonds is 5. The van der Waals surface area contributed by atoms with Crippen molar-refractivity contribution in [1.82, 2.24) is 20.1 Å². The third kappa shape index (κ3) is 4.37. The summed E-state index contributed by atoms with van der Waals surface area (Å²) in [6, 6.07) is 7.42. The van der Waals surface area contributed by atoms with Crippen LogP contribution in [0.3, 0.4) is 0 Å². The molecule has 1 aromatic carbocycles. The van der Waals surface area contributed by atoms with Crippen LogP contribution in [0.15, 0.2) is 30.5 Å². The standard InChI is InChI=1S/C20H22N4O2S/c1-13-11-24(5-6-26-13)12-19(25)9-18-8-17-7-15(3-4-16(17)10-21-18)20-23-22-14(2)27-20/h3-4,7-8,10,13H,5-6,9,11-12H2,1-2H3/i5D2,6D2,11D2,13D. The first-order valence-electron chi connectivity index (χ1n) is 11.8. The summed E-state index contributed by atoms with van der Waals surface area (Å²) in [6.07, 6.45) is -1.05. The van der Waals surface area contributed by atoms with Crippen molar-refractivity contribution in [3.05, 3.63) is 41.2 Å². The number of aryl methyl sites for hydroxylation is 1. The number of pyridine rings is 1. The van der Waals surface area contributed by atoms with Crippen LogP contribution in [0.25, 0.3) is 21.3 Å². The summed E-state index contributed by atoms with van der Waals surface area (Å²) in [5, 5.41) is 11.4. The fourth-order valence-electron chi connectivity index (χ4n) is 2.74. The minimum atomic E-state index is -3.00. The van der Waals surface area contributed by atoms with E-state index in [-0.39, 0.29) is 6.42 Å². The topological polar surface area (TPSA) is 68.2 Å². The number of carbonyl (C=O) groups excluding carboxylic acids is 1. The van der Waals surface area contributed by atoms with E-state index < -0.39 is 38.0 Å². The first kappa shape index (κ1) is 11.6. The molecule has 4 rings (SSSR count). The predicted molar refractivity (Wildman–Crippen MR) is 106 cm³/mol. The second kappa shape index (κ2) is 7.80. The van der Waals surface area contributed by atoms with Crippen molar-refractivity contribution < 1.29 is 19.1 Å². The summed E-state index contributed by atoms with van der Waals surface area (Å²) < 4.78 is 61.2. The lowest BCUT2D eigenvalue weighted by molar-refractivity contribution is -0.121. The molecule has 1 unspecified atom stereocenters. The van der Waals surface area contributed by atoms with Crippen molar-refractivity contribution in [2.75, 3.05) is 26.1 Å². The van der Waals surface area contributed by atoms with Gasteiger partial charge in [0.2, 0.25) is 0 Å². The molecular weight excluding hydrogens is 360 g/mol. The predicted octanol–water partition coefficient (Wildman–Crippen LogP) is 2.89. The van der Waals surface area contributed by atoms with Gasteiger partial charge in [-0.1, -0.05) is 23.5 Å². The maximum Gasteiger partial charge on any atom is 0.152 e. The Labute approximate surface area is 172 Å². The molecule has 3 heterocycles. The highest BCUT2D eigenvalue weighted by molar-refractivity contribution is 7.14. The average molecular weight is 390 g/mol. The van der Waals surface area contributed by atoms with Crippen LogP contribution >= 0.6 is 11.3 Å². The number of carbonyl (C=O) groups is 1. The summed E-state index contributed by atoms with van der Waals surface area (Å²) in [4.78, 5) is 17.6. The molecule has 1 fully saturated rings. The molecule has 27 heavy (non-hydrogen) atoms.